The van der Waals surface area contributed by atoms with Crippen molar-refractivity contribution in [1.29, 1.82) is 0 Å². The van der Waals surface area contributed by atoms with Crippen LogP contribution in [0.15, 0.2) is 30.6 Å². The van der Waals surface area contributed by atoms with Gasteiger partial charge in [-0.05, 0) is 50.3 Å². The van der Waals surface area contributed by atoms with Crippen LogP contribution in [0.25, 0.3) is 10.2 Å². The van der Waals surface area contributed by atoms with Crippen LogP contribution in [-0.2, 0) is 12.8 Å². The molecule has 5 rings (SSSR count). The fourth-order valence-electron chi connectivity index (χ4n) is 4.25. The molecule has 5 heteroatoms. The van der Waals surface area contributed by atoms with E-state index in [4.69, 9.17) is 4.98 Å². The second kappa shape index (κ2) is 6.54. The topological polar surface area (TPSA) is 32.3 Å². The van der Waals surface area contributed by atoms with Gasteiger partial charge in [-0.15, -0.1) is 11.3 Å². The van der Waals surface area contributed by atoms with Crippen LogP contribution in [0.5, 0.6) is 0 Å². The van der Waals surface area contributed by atoms with Gasteiger partial charge in [0.1, 0.15) is 17.0 Å². The van der Waals surface area contributed by atoms with E-state index in [0.717, 1.165) is 32.0 Å². The predicted octanol–water partition coefficient (Wildman–Crippen LogP) is 4.21. The minimum Gasteiger partial charge on any atom is -0.368 e. The van der Waals surface area contributed by atoms with E-state index in [2.05, 4.69) is 46.0 Å². The van der Waals surface area contributed by atoms with E-state index in [9.17, 15) is 0 Å². The molecule has 3 aromatic rings. The summed E-state index contributed by atoms with van der Waals surface area (Å²) in [6.45, 7) is 6.26. The Labute approximate surface area is 158 Å². The van der Waals surface area contributed by atoms with E-state index in [1.54, 1.807) is 11.2 Å². The summed E-state index contributed by atoms with van der Waals surface area (Å²) in [7, 11) is 0. The zero-order chi connectivity index (χ0) is 17.5. The molecule has 134 valence electrons. The number of aryl methyl sites for hydroxylation is 3. The van der Waals surface area contributed by atoms with Gasteiger partial charge in [0.15, 0.2) is 0 Å². The van der Waals surface area contributed by atoms with Gasteiger partial charge in [0, 0.05) is 36.7 Å². The van der Waals surface area contributed by atoms with Gasteiger partial charge in [-0.25, -0.2) is 9.97 Å². The first-order valence-electron chi connectivity index (χ1n) is 9.61. The van der Waals surface area contributed by atoms with Gasteiger partial charge in [0.2, 0.25) is 0 Å². The second-order valence-corrected chi connectivity index (χ2v) is 8.48. The normalized spacial score (nSPS) is 17.6. The number of aromatic nitrogens is 2. The van der Waals surface area contributed by atoms with Crippen molar-refractivity contribution in [1.82, 2.24) is 9.97 Å². The molecule has 3 heterocycles. The van der Waals surface area contributed by atoms with E-state index in [1.807, 2.05) is 11.3 Å². The lowest BCUT2D eigenvalue weighted by molar-refractivity contribution is 0.648. The molecule has 1 fully saturated rings. The zero-order valence-electron chi connectivity index (χ0n) is 15.2. The summed E-state index contributed by atoms with van der Waals surface area (Å²) in [6, 6.07) is 8.88. The van der Waals surface area contributed by atoms with Crippen molar-refractivity contribution in [2.75, 3.05) is 36.0 Å². The monoisotopic (exact) mass is 364 g/mol. The Morgan fingerprint density at radius 2 is 1.62 bits per heavy atom. The van der Waals surface area contributed by atoms with Crippen molar-refractivity contribution < 1.29 is 0 Å². The van der Waals surface area contributed by atoms with Gasteiger partial charge in [-0.1, -0.05) is 17.7 Å². The molecule has 0 saturated carbocycles. The molecule has 2 aliphatic rings. The number of nitrogens with zero attached hydrogens (tertiary/aromatic N) is 4. The van der Waals surface area contributed by atoms with Gasteiger partial charge in [-0.2, -0.15) is 0 Å². The molecule has 1 saturated heterocycles. The van der Waals surface area contributed by atoms with Gasteiger partial charge >= 0.3 is 0 Å². The van der Waals surface area contributed by atoms with Crippen LogP contribution in [0, 0.1) is 6.92 Å². The van der Waals surface area contributed by atoms with Gasteiger partial charge in [0.25, 0.3) is 0 Å². The van der Waals surface area contributed by atoms with Crippen LogP contribution in [0.3, 0.4) is 0 Å². The lowest BCUT2D eigenvalue weighted by atomic mass is 9.97. The molecular weight excluding hydrogens is 340 g/mol. The lowest BCUT2D eigenvalue weighted by Crippen LogP contribution is -2.47. The highest BCUT2D eigenvalue weighted by atomic mass is 32.1. The summed E-state index contributed by atoms with van der Waals surface area (Å²) in [5.41, 5.74) is 4.18. The maximum absolute atomic E-state index is 4.72. The minimum absolute atomic E-state index is 1.02. The molecule has 1 aliphatic carbocycles. The predicted molar refractivity (Wildman–Crippen MR) is 110 cm³/mol. The van der Waals surface area contributed by atoms with Crippen molar-refractivity contribution in [3.63, 3.8) is 0 Å². The Balaban J connectivity index is 1.41. The molecule has 1 aliphatic heterocycles. The number of benzene rings is 1. The van der Waals surface area contributed by atoms with Crippen LogP contribution in [0.4, 0.5) is 11.5 Å². The van der Waals surface area contributed by atoms with Crippen LogP contribution >= 0.6 is 11.3 Å². The molecular formula is C21H24N4S. The third-order valence-electron chi connectivity index (χ3n) is 5.71. The van der Waals surface area contributed by atoms with Crippen molar-refractivity contribution in [2.45, 2.75) is 32.6 Å². The Morgan fingerprint density at radius 3 is 2.42 bits per heavy atom. The molecule has 0 bridgehead atoms. The number of piperazine rings is 1. The van der Waals surface area contributed by atoms with Crippen molar-refractivity contribution in [3.8, 4) is 0 Å². The Kier molecular flexibility index (Phi) is 4.04. The summed E-state index contributed by atoms with van der Waals surface area (Å²) in [5.74, 6) is 1.16. The molecule has 2 aromatic heterocycles. The molecule has 4 nitrogen and oxygen atoms in total. The average molecular weight is 365 g/mol. The number of hydrogen-bond acceptors (Lipinski definition) is 5. The first-order valence-corrected chi connectivity index (χ1v) is 10.4. The molecule has 1 aromatic carbocycles. The third-order valence-corrected chi connectivity index (χ3v) is 6.91. The first kappa shape index (κ1) is 16.1. The minimum atomic E-state index is 1.02. The number of anilines is 2. The number of hydrogen-bond donors (Lipinski definition) is 0. The summed E-state index contributed by atoms with van der Waals surface area (Å²) in [4.78, 5) is 17.0. The maximum Gasteiger partial charge on any atom is 0.141 e. The summed E-state index contributed by atoms with van der Waals surface area (Å²) in [6.07, 6.45) is 6.79. The summed E-state index contributed by atoms with van der Waals surface area (Å²) in [5, 5.41) is 1.34. The molecule has 0 unspecified atom stereocenters. The fraction of sp³-hybridized carbons (Fsp3) is 0.429. The summed E-state index contributed by atoms with van der Waals surface area (Å²) < 4.78 is 0. The van der Waals surface area contributed by atoms with Crippen molar-refractivity contribution in [3.05, 3.63) is 46.6 Å². The van der Waals surface area contributed by atoms with E-state index in [-0.39, 0.29) is 0 Å². The Morgan fingerprint density at radius 1 is 0.885 bits per heavy atom. The highest BCUT2D eigenvalue weighted by Crippen LogP contribution is 2.39. The van der Waals surface area contributed by atoms with Crippen LogP contribution in [0.2, 0.25) is 0 Å². The largest absolute Gasteiger partial charge is 0.368 e. The second-order valence-electron chi connectivity index (χ2n) is 7.40. The highest BCUT2D eigenvalue weighted by molar-refractivity contribution is 7.19. The third kappa shape index (κ3) is 2.75. The Bertz CT molecular complexity index is 923. The quantitative estimate of drug-likeness (QED) is 0.682. The highest BCUT2D eigenvalue weighted by Gasteiger charge is 2.25. The standard InChI is InChI=1S/C21H24N4S/c1-15-6-8-16(9-7-15)24-10-12-25(13-11-24)20-19-17-4-2-3-5-18(17)26-21(19)23-14-22-20/h6-9,14H,2-5,10-13H2,1H3. The van der Waals surface area contributed by atoms with Crippen LogP contribution in [0.1, 0.15) is 28.8 Å². The van der Waals surface area contributed by atoms with Gasteiger partial charge < -0.3 is 9.80 Å². The molecule has 26 heavy (non-hydrogen) atoms. The number of fused-ring (bicyclic) bond motifs is 3. The fourth-order valence-corrected chi connectivity index (χ4v) is 5.47. The number of thiophene rings is 1. The smallest absolute Gasteiger partial charge is 0.141 e. The molecule has 0 radical (unpaired) electrons. The average Bonchev–Trinajstić information content (AvgIpc) is 3.07. The van der Waals surface area contributed by atoms with E-state index >= 15 is 0 Å². The number of rotatable bonds is 2. The maximum atomic E-state index is 4.72. The molecule has 0 atom stereocenters. The van der Waals surface area contributed by atoms with E-state index < -0.39 is 0 Å². The molecule has 0 amide bonds. The lowest BCUT2D eigenvalue weighted by Gasteiger charge is -2.37. The van der Waals surface area contributed by atoms with Gasteiger partial charge in [-0.3, -0.25) is 0 Å². The molecule has 0 N–H and O–H groups in total. The van der Waals surface area contributed by atoms with Crippen LogP contribution in [-0.4, -0.2) is 36.1 Å². The first-order chi connectivity index (χ1) is 12.8. The zero-order valence-corrected chi connectivity index (χ0v) is 16.1. The van der Waals surface area contributed by atoms with Gasteiger partial charge in [0.05, 0.1) is 5.39 Å². The SMILES string of the molecule is Cc1ccc(N2CCN(c3ncnc4sc5c(c34)CCCC5)CC2)cc1. The van der Waals surface area contributed by atoms with Crippen molar-refractivity contribution >= 4 is 33.1 Å². The summed E-state index contributed by atoms with van der Waals surface area (Å²) >= 11 is 1.89. The van der Waals surface area contributed by atoms with Crippen molar-refractivity contribution in [2.24, 2.45) is 0 Å². The Hall–Kier alpha value is -2.14. The molecule has 0 spiro atoms. The van der Waals surface area contributed by atoms with E-state index in [0.29, 0.717) is 0 Å². The van der Waals surface area contributed by atoms with E-state index in [1.165, 1.54) is 52.7 Å². The van der Waals surface area contributed by atoms with Crippen LogP contribution < -0.4 is 9.80 Å².